The number of hydrogen-bond acceptors (Lipinski definition) is 4. The lowest BCUT2D eigenvalue weighted by molar-refractivity contribution is -0.122. The number of fused-ring (bicyclic) bond motifs is 1. The Morgan fingerprint density at radius 1 is 1.07 bits per heavy atom. The Hall–Kier alpha value is -3.02. The number of nitrogens with one attached hydrogen (secondary N) is 1. The molecule has 0 saturated carbocycles. The molecule has 0 saturated heterocycles. The van der Waals surface area contributed by atoms with Crippen molar-refractivity contribution in [1.82, 2.24) is 20.3 Å². The minimum absolute atomic E-state index is 0.158. The Bertz CT molecular complexity index is 993. The smallest absolute Gasteiger partial charge is 0.278 e. The molecular weight excluding hydrogens is 340 g/mol. The number of carbonyl (C=O) groups is 1. The standard InChI is InChI=1S/C21H24N4O2/c1-14(2)12-16-8-10-17(11-9-16)15(3)22-20(26)13-25-21(27)18-6-4-5-7-19(18)23-24-25/h4-11,14-15H,12-13H2,1-3H3,(H,22,26). The molecule has 140 valence electrons. The van der Waals surface area contributed by atoms with Crippen molar-refractivity contribution >= 4 is 16.8 Å². The number of hydrogen-bond donors (Lipinski definition) is 1. The normalized spacial score (nSPS) is 12.3. The van der Waals surface area contributed by atoms with Crippen molar-refractivity contribution in [3.05, 3.63) is 70.0 Å². The summed E-state index contributed by atoms with van der Waals surface area (Å²) in [7, 11) is 0. The van der Waals surface area contributed by atoms with Crippen LogP contribution in [0.3, 0.4) is 0 Å². The molecule has 1 unspecified atom stereocenters. The fourth-order valence-corrected chi connectivity index (χ4v) is 3.05. The number of amides is 1. The highest BCUT2D eigenvalue weighted by atomic mass is 16.2. The molecular formula is C21H24N4O2. The van der Waals surface area contributed by atoms with Gasteiger partial charge in [-0.2, -0.15) is 0 Å². The molecule has 3 aromatic rings. The van der Waals surface area contributed by atoms with Gasteiger partial charge < -0.3 is 5.32 Å². The van der Waals surface area contributed by atoms with Crippen molar-refractivity contribution < 1.29 is 4.79 Å². The first-order valence-corrected chi connectivity index (χ1v) is 9.15. The van der Waals surface area contributed by atoms with Gasteiger partial charge in [-0.15, -0.1) is 5.10 Å². The molecule has 1 amide bonds. The molecule has 6 heteroatoms. The van der Waals surface area contributed by atoms with Gasteiger partial charge in [-0.05, 0) is 42.5 Å². The highest BCUT2D eigenvalue weighted by Crippen LogP contribution is 2.15. The van der Waals surface area contributed by atoms with Crippen LogP contribution in [0, 0.1) is 5.92 Å². The van der Waals surface area contributed by atoms with Crippen LogP contribution in [0.4, 0.5) is 0 Å². The van der Waals surface area contributed by atoms with Crippen molar-refractivity contribution in [3.8, 4) is 0 Å². The second-order valence-corrected chi connectivity index (χ2v) is 7.20. The van der Waals surface area contributed by atoms with E-state index < -0.39 is 0 Å². The predicted octanol–water partition coefficient (Wildman–Crippen LogP) is 2.87. The number of rotatable bonds is 6. The third-order valence-corrected chi connectivity index (χ3v) is 4.42. The van der Waals surface area contributed by atoms with E-state index in [-0.39, 0.29) is 24.1 Å². The van der Waals surface area contributed by atoms with Crippen LogP contribution < -0.4 is 10.9 Å². The largest absolute Gasteiger partial charge is 0.348 e. The van der Waals surface area contributed by atoms with Gasteiger partial charge in [-0.3, -0.25) is 9.59 Å². The summed E-state index contributed by atoms with van der Waals surface area (Å²) in [5, 5.41) is 11.2. The zero-order valence-electron chi connectivity index (χ0n) is 15.8. The first-order chi connectivity index (χ1) is 12.9. The molecule has 0 aliphatic carbocycles. The molecule has 0 bridgehead atoms. The minimum Gasteiger partial charge on any atom is -0.348 e. The van der Waals surface area contributed by atoms with Gasteiger partial charge in [-0.1, -0.05) is 55.5 Å². The van der Waals surface area contributed by atoms with E-state index in [1.807, 2.05) is 19.1 Å². The summed E-state index contributed by atoms with van der Waals surface area (Å²) in [5.74, 6) is 0.329. The van der Waals surface area contributed by atoms with Crippen LogP contribution in [0.15, 0.2) is 53.3 Å². The van der Waals surface area contributed by atoms with Crippen molar-refractivity contribution in [2.24, 2.45) is 5.92 Å². The van der Waals surface area contributed by atoms with E-state index >= 15 is 0 Å². The summed E-state index contributed by atoms with van der Waals surface area (Å²) >= 11 is 0. The molecule has 1 atom stereocenters. The zero-order valence-corrected chi connectivity index (χ0v) is 15.8. The fourth-order valence-electron chi connectivity index (χ4n) is 3.05. The summed E-state index contributed by atoms with van der Waals surface area (Å²) in [6, 6.07) is 15.1. The van der Waals surface area contributed by atoms with Crippen LogP contribution >= 0.6 is 0 Å². The molecule has 0 aliphatic rings. The van der Waals surface area contributed by atoms with E-state index in [0.29, 0.717) is 16.8 Å². The maximum atomic E-state index is 12.4. The predicted molar refractivity (Wildman–Crippen MR) is 105 cm³/mol. The second-order valence-electron chi connectivity index (χ2n) is 7.20. The zero-order chi connectivity index (χ0) is 19.4. The number of carbonyl (C=O) groups excluding carboxylic acids is 1. The molecule has 1 N–H and O–H groups in total. The molecule has 0 aliphatic heterocycles. The fraction of sp³-hybridized carbons (Fsp3) is 0.333. The van der Waals surface area contributed by atoms with Crippen LogP contribution in [-0.2, 0) is 17.8 Å². The lowest BCUT2D eigenvalue weighted by Crippen LogP contribution is -2.35. The van der Waals surface area contributed by atoms with Crippen molar-refractivity contribution in [2.45, 2.75) is 39.8 Å². The van der Waals surface area contributed by atoms with Gasteiger partial charge in [0.05, 0.1) is 11.4 Å². The van der Waals surface area contributed by atoms with E-state index in [2.05, 4.69) is 41.6 Å². The molecule has 27 heavy (non-hydrogen) atoms. The summed E-state index contributed by atoms with van der Waals surface area (Å²) in [6.07, 6.45) is 1.03. The Morgan fingerprint density at radius 3 is 2.48 bits per heavy atom. The monoisotopic (exact) mass is 364 g/mol. The highest BCUT2D eigenvalue weighted by molar-refractivity contribution is 5.78. The molecule has 0 radical (unpaired) electrons. The van der Waals surface area contributed by atoms with Crippen LogP contribution in [-0.4, -0.2) is 20.9 Å². The third kappa shape index (κ3) is 4.58. The van der Waals surface area contributed by atoms with Crippen molar-refractivity contribution in [3.63, 3.8) is 0 Å². The highest BCUT2D eigenvalue weighted by Gasteiger charge is 2.13. The van der Waals surface area contributed by atoms with Crippen molar-refractivity contribution in [2.75, 3.05) is 0 Å². The van der Waals surface area contributed by atoms with E-state index in [9.17, 15) is 9.59 Å². The quantitative estimate of drug-likeness (QED) is 0.730. The van der Waals surface area contributed by atoms with E-state index in [0.717, 1.165) is 16.7 Å². The molecule has 1 heterocycles. The number of benzene rings is 2. The topological polar surface area (TPSA) is 76.9 Å². The SMILES string of the molecule is CC(C)Cc1ccc(C(C)NC(=O)Cn2nnc3ccccc3c2=O)cc1. The molecule has 0 spiro atoms. The average molecular weight is 364 g/mol. The summed E-state index contributed by atoms with van der Waals surface area (Å²) in [4.78, 5) is 24.8. The minimum atomic E-state index is -0.318. The molecule has 3 rings (SSSR count). The molecule has 1 aromatic heterocycles. The van der Waals surface area contributed by atoms with Crippen molar-refractivity contribution in [1.29, 1.82) is 0 Å². The number of aromatic nitrogens is 3. The van der Waals surface area contributed by atoms with Gasteiger partial charge in [0.15, 0.2) is 0 Å². The van der Waals surface area contributed by atoms with Gasteiger partial charge in [0.1, 0.15) is 12.1 Å². The molecule has 2 aromatic carbocycles. The second kappa shape index (κ2) is 8.12. The first kappa shape index (κ1) is 18.8. The summed E-state index contributed by atoms with van der Waals surface area (Å²) in [6.45, 7) is 6.14. The Balaban J connectivity index is 1.67. The summed E-state index contributed by atoms with van der Waals surface area (Å²) in [5.41, 5.74) is 2.51. The van der Waals surface area contributed by atoms with Gasteiger partial charge in [0.2, 0.25) is 5.91 Å². The maximum Gasteiger partial charge on any atom is 0.278 e. The Morgan fingerprint density at radius 2 is 1.78 bits per heavy atom. The third-order valence-electron chi connectivity index (χ3n) is 4.42. The first-order valence-electron chi connectivity index (χ1n) is 9.15. The van der Waals surface area contributed by atoms with Gasteiger partial charge >= 0.3 is 0 Å². The van der Waals surface area contributed by atoms with E-state index in [1.165, 1.54) is 5.56 Å². The maximum absolute atomic E-state index is 12.4. The van der Waals surface area contributed by atoms with Gasteiger partial charge in [0, 0.05) is 0 Å². The van der Waals surface area contributed by atoms with E-state index in [1.54, 1.807) is 24.3 Å². The van der Waals surface area contributed by atoms with E-state index in [4.69, 9.17) is 0 Å². The lowest BCUT2D eigenvalue weighted by atomic mass is 10.00. The van der Waals surface area contributed by atoms with Gasteiger partial charge in [0.25, 0.3) is 5.56 Å². The van der Waals surface area contributed by atoms with Crippen LogP contribution in [0.2, 0.25) is 0 Å². The Labute approximate surface area is 158 Å². The lowest BCUT2D eigenvalue weighted by Gasteiger charge is -2.15. The molecule has 0 fully saturated rings. The summed E-state index contributed by atoms with van der Waals surface area (Å²) < 4.78 is 1.09. The Kier molecular flexibility index (Phi) is 5.64. The van der Waals surface area contributed by atoms with Crippen LogP contribution in [0.5, 0.6) is 0 Å². The van der Waals surface area contributed by atoms with Gasteiger partial charge in [-0.25, -0.2) is 4.68 Å². The van der Waals surface area contributed by atoms with Crippen LogP contribution in [0.25, 0.3) is 10.9 Å². The molecule has 6 nitrogen and oxygen atoms in total. The average Bonchev–Trinajstić information content (AvgIpc) is 2.64. The number of nitrogens with zero attached hydrogens (tertiary/aromatic N) is 3. The van der Waals surface area contributed by atoms with Crippen LogP contribution in [0.1, 0.15) is 37.9 Å².